The normalized spacial score (nSPS) is 13.1. The van der Waals surface area contributed by atoms with Crippen LogP contribution in [0.5, 0.6) is 0 Å². The molecule has 0 saturated heterocycles. The zero-order valence-electron chi connectivity index (χ0n) is 17.7. The van der Waals surface area contributed by atoms with Gasteiger partial charge >= 0.3 is 6.03 Å². The number of hydrogen-bond acceptors (Lipinski definition) is 6. The number of aryl methyl sites for hydroxylation is 4. The molecule has 0 spiro atoms. The highest BCUT2D eigenvalue weighted by atomic mass is 32.2. The Morgan fingerprint density at radius 3 is 2.71 bits per heavy atom. The van der Waals surface area contributed by atoms with Crippen molar-refractivity contribution < 1.29 is 9.59 Å². The number of nitrogens with zero attached hydrogens (tertiary/aromatic N) is 2. The molecule has 162 valence electrons. The quantitative estimate of drug-likeness (QED) is 0.463. The number of fused-ring (bicyclic) bond motifs is 3. The number of thioether (sulfide) groups is 1. The number of amides is 3. The van der Waals surface area contributed by atoms with Crippen molar-refractivity contribution in [3.05, 3.63) is 50.1 Å². The second-order valence-corrected chi connectivity index (χ2v) is 9.64. The SMILES string of the molecule is CNC(=O)NC(=O)CSc1nc2sc3c(c2c(=O)n1-c1ccc(C)c(C)c1)CCCC3. The number of carbonyl (C=O) groups is 2. The van der Waals surface area contributed by atoms with Gasteiger partial charge in [0, 0.05) is 11.9 Å². The van der Waals surface area contributed by atoms with Gasteiger partial charge in [0.1, 0.15) is 4.83 Å². The first kappa shape index (κ1) is 21.6. The third kappa shape index (κ3) is 4.24. The van der Waals surface area contributed by atoms with E-state index in [0.29, 0.717) is 10.5 Å². The van der Waals surface area contributed by atoms with Crippen LogP contribution >= 0.6 is 23.1 Å². The molecule has 2 heterocycles. The first-order chi connectivity index (χ1) is 14.9. The third-order valence-corrected chi connectivity index (χ3v) is 7.64. The molecule has 0 aliphatic heterocycles. The van der Waals surface area contributed by atoms with Crippen LogP contribution in [-0.2, 0) is 17.6 Å². The topological polar surface area (TPSA) is 93.1 Å². The predicted molar refractivity (Wildman–Crippen MR) is 125 cm³/mol. The summed E-state index contributed by atoms with van der Waals surface area (Å²) >= 11 is 2.74. The van der Waals surface area contributed by atoms with Crippen molar-refractivity contribution in [2.24, 2.45) is 0 Å². The van der Waals surface area contributed by atoms with Gasteiger partial charge in [-0.1, -0.05) is 17.8 Å². The lowest BCUT2D eigenvalue weighted by molar-refractivity contribution is -0.117. The zero-order valence-corrected chi connectivity index (χ0v) is 19.3. The molecular formula is C22H24N4O3S2. The number of carbonyl (C=O) groups excluding carboxylic acids is 2. The molecule has 9 heteroatoms. The van der Waals surface area contributed by atoms with E-state index in [1.807, 2.05) is 32.0 Å². The van der Waals surface area contributed by atoms with Gasteiger partial charge in [0.15, 0.2) is 5.16 Å². The first-order valence-corrected chi connectivity index (χ1v) is 12.0. The lowest BCUT2D eigenvalue weighted by Crippen LogP contribution is -2.38. The van der Waals surface area contributed by atoms with Crippen LogP contribution in [0, 0.1) is 13.8 Å². The minimum Gasteiger partial charge on any atom is -0.341 e. The summed E-state index contributed by atoms with van der Waals surface area (Å²) in [6, 6.07) is 5.30. The summed E-state index contributed by atoms with van der Waals surface area (Å²) in [4.78, 5) is 44.0. The largest absolute Gasteiger partial charge is 0.341 e. The molecule has 3 aromatic rings. The Morgan fingerprint density at radius 1 is 1.19 bits per heavy atom. The van der Waals surface area contributed by atoms with Crippen LogP contribution in [0.1, 0.15) is 34.4 Å². The molecule has 1 aliphatic carbocycles. The molecule has 0 fully saturated rings. The van der Waals surface area contributed by atoms with Crippen molar-refractivity contribution in [2.75, 3.05) is 12.8 Å². The van der Waals surface area contributed by atoms with Crippen LogP contribution < -0.4 is 16.2 Å². The van der Waals surface area contributed by atoms with E-state index in [4.69, 9.17) is 4.98 Å². The van der Waals surface area contributed by atoms with E-state index in [2.05, 4.69) is 10.6 Å². The Kier molecular flexibility index (Phi) is 6.15. The minimum absolute atomic E-state index is 0.0265. The van der Waals surface area contributed by atoms with Crippen LogP contribution in [0.3, 0.4) is 0 Å². The fourth-order valence-corrected chi connectivity index (χ4v) is 5.85. The fourth-order valence-electron chi connectivity index (χ4n) is 3.73. The number of rotatable bonds is 4. The van der Waals surface area contributed by atoms with Gasteiger partial charge in [-0.05, 0) is 68.4 Å². The molecule has 2 aromatic heterocycles. The molecule has 0 atom stereocenters. The maximum atomic E-state index is 13.7. The molecular weight excluding hydrogens is 432 g/mol. The highest BCUT2D eigenvalue weighted by Gasteiger charge is 2.23. The summed E-state index contributed by atoms with van der Waals surface area (Å²) in [5.74, 6) is -0.475. The Bertz CT molecular complexity index is 1250. The highest BCUT2D eigenvalue weighted by Crippen LogP contribution is 2.35. The maximum absolute atomic E-state index is 13.7. The molecule has 2 N–H and O–H groups in total. The van der Waals surface area contributed by atoms with E-state index in [-0.39, 0.29) is 11.3 Å². The summed E-state index contributed by atoms with van der Waals surface area (Å²) in [6.45, 7) is 4.03. The van der Waals surface area contributed by atoms with Gasteiger partial charge in [-0.3, -0.25) is 19.5 Å². The molecule has 4 rings (SSSR count). The van der Waals surface area contributed by atoms with E-state index in [1.54, 1.807) is 15.9 Å². The van der Waals surface area contributed by atoms with E-state index in [9.17, 15) is 14.4 Å². The number of aromatic nitrogens is 2. The van der Waals surface area contributed by atoms with E-state index < -0.39 is 11.9 Å². The first-order valence-electron chi connectivity index (χ1n) is 10.2. The van der Waals surface area contributed by atoms with Crippen LogP contribution in [0.25, 0.3) is 15.9 Å². The lowest BCUT2D eigenvalue weighted by atomic mass is 9.97. The van der Waals surface area contributed by atoms with Gasteiger partial charge in [-0.2, -0.15) is 0 Å². The average Bonchev–Trinajstić information content (AvgIpc) is 3.13. The smallest absolute Gasteiger partial charge is 0.321 e. The summed E-state index contributed by atoms with van der Waals surface area (Å²) in [5, 5.41) is 5.76. The zero-order chi connectivity index (χ0) is 22.1. The maximum Gasteiger partial charge on any atom is 0.321 e. The lowest BCUT2D eigenvalue weighted by Gasteiger charge is -2.14. The van der Waals surface area contributed by atoms with E-state index in [0.717, 1.165) is 64.7 Å². The molecule has 1 aromatic carbocycles. The van der Waals surface area contributed by atoms with E-state index in [1.165, 1.54) is 11.9 Å². The fraction of sp³-hybridized carbons (Fsp3) is 0.364. The van der Waals surface area contributed by atoms with Crippen LogP contribution in [0.15, 0.2) is 28.2 Å². The number of thiophene rings is 1. The number of nitrogens with one attached hydrogen (secondary N) is 2. The Balaban J connectivity index is 1.83. The number of imide groups is 1. The van der Waals surface area contributed by atoms with Crippen LogP contribution in [0.2, 0.25) is 0 Å². The van der Waals surface area contributed by atoms with Gasteiger partial charge < -0.3 is 5.32 Å². The van der Waals surface area contributed by atoms with Crippen molar-refractivity contribution in [2.45, 2.75) is 44.7 Å². The van der Waals surface area contributed by atoms with Crippen molar-refractivity contribution in [3.8, 4) is 5.69 Å². The minimum atomic E-state index is -0.563. The molecule has 31 heavy (non-hydrogen) atoms. The molecule has 0 radical (unpaired) electrons. The summed E-state index contributed by atoms with van der Waals surface area (Å²) in [7, 11) is 1.45. The number of hydrogen-bond donors (Lipinski definition) is 2. The summed E-state index contributed by atoms with van der Waals surface area (Å²) in [6.07, 6.45) is 4.10. The predicted octanol–water partition coefficient (Wildman–Crippen LogP) is 3.49. The molecule has 7 nitrogen and oxygen atoms in total. The summed E-state index contributed by atoms with van der Waals surface area (Å²) < 4.78 is 1.61. The Morgan fingerprint density at radius 2 is 1.97 bits per heavy atom. The summed E-state index contributed by atoms with van der Waals surface area (Å²) in [5.41, 5.74) is 3.98. The van der Waals surface area contributed by atoms with Crippen molar-refractivity contribution in [1.82, 2.24) is 20.2 Å². The van der Waals surface area contributed by atoms with Gasteiger partial charge in [0.2, 0.25) is 5.91 Å². The number of urea groups is 1. The average molecular weight is 457 g/mol. The number of benzene rings is 1. The van der Waals surface area contributed by atoms with Gasteiger partial charge in [-0.25, -0.2) is 9.78 Å². The molecule has 0 unspecified atom stereocenters. The second-order valence-electron chi connectivity index (χ2n) is 7.61. The van der Waals surface area contributed by atoms with Crippen molar-refractivity contribution >= 4 is 45.3 Å². The third-order valence-electron chi connectivity index (χ3n) is 5.52. The molecule has 3 amide bonds. The highest BCUT2D eigenvalue weighted by molar-refractivity contribution is 7.99. The molecule has 0 saturated carbocycles. The molecule has 0 bridgehead atoms. The second kappa shape index (κ2) is 8.84. The van der Waals surface area contributed by atoms with Crippen molar-refractivity contribution in [3.63, 3.8) is 0 Å². The Labute approximate surface area is 188 Å². The van der Waals surface area contributed by atoms with Crippen LogP contribution in [0.4, 0.5) is 4.79 Å². The Hall–Kier alpha value is -2.65. The monoisotopic (exact) mass is 456 g/mol. The van der Waals surface area contributed by atoms with Gasteiger partial charge in [-0.15, -0.1) is 11.3 Å². The van der Waals surface area contributed by atoms with E-state index >= 15 is 0 Å². The van der Waals surface area contributed by atoms with Crippen LogP contribution in [-0.4, -0.2) is 34.3 Å². The van der Waals surface area contributed by atoms with Gasteiger partial charge in [0.25, 0.3) is 5.56 Å². The standard InChI is InChI=1S/C22H24N4O3S2/c1-12-8-9-14(10-13(12)2)26-20(28)18-15-6-4-5-7-16(15)31-19(18)25-22(26)30-11-17(27)24-21(29)23-3/h8-10H,4-7,11H2,1-3H3,(H2,23,24,27,29). The molecule has 1 aliphatic rings. The van der Waals surface area contributed by atoms with Gasteiger partial charge in [0.05, 0.1) is 16.8 Å². The van der Waals surface area contributed by atoms with Crippen molar-refractivity contribution in [1.29, 1.82) is 0 Å².